The van der Waals surface area contributed by atoms with Gasteiger partial charge < -0.3 is 14.6 Å². The summed E-state index contributed by atoms with van der Waals surface area (Å²) in [6.45, 7) is 4.59. The van der Waals surface area contributed by atoms with Crippen molar-refractivity contribution in [2.24, 2.45) is 0 Å². The number of nitrogens with one attached hydrogen (secondary N) is 1. The Morgan fingerprint density at radius 1 is 1.00 bits per heavy atom. The lowest BCUT2D eigenvalue weighted by atomic mass is 10.1. The molecule has 2 amide bonds. The maximum atomic E-state index is 12.8. The summed E-state index contributed by atoms with van der Waals surface area (Å²) in [5, 5.41) is 2.94. The largest absolute Gasteiger partial charge is 0.444 e. The molecule has 0 aliphatic carbocycles. The molecule has 2 atom stereocenters. The Labute approximate surface area is 182 Å². The average Bonchev–Trinajstić information content (AvgIpc) is 3.40. The van der Waals surface area contributed by atoms with E-state index in [1.54, 1.807) is 0 Å². The first-order valence-electron chi connectivity index (χ1n) is 10.7. The summed E-state index contributed by atoms with van der Waals surface area (Å²) >= 11 is 0. The van der Waals surface area contributed by atoms with Crippen molar-refractivity contribution in [3.05, 3.63) is 77.7 Å². The van der Waals surface area contributed by atoms with Crippen molar-refractivity contribution < 1.29 is 14.0 Å². The Hall–Kier alpha value is -3.41. The number of carbonyl (C=O) groups excluding carboxylic acids is 2. The van der Waals surface area contributed by atoms with Crippen LogP contribution < -0.4 is 5.32 Å². The van der Waals surface area contributed by atoms with Crippen LogP contribution in [0.15, 0.2) is 65.3 Å². The second kappa shape index (κ2) is 9.16. The summed E-state index contributed by atoms with van der Waals surface area (Å²) in [5.41, 5.74) is 3.10. The van der Waals surface area contributed by atoms with Crippen LogP contribution in [0.1, 0.15) is 48.3 Å². The van der Waals surface area contributed by atoms with Crippen LogP contribution in [0.25, 0.3) is 11.5 Å². The molecular weight excluding hydrogens is 390 g/mol. The van der Waals surface area contributed by atoms with Gasteiger partial charge in [0.1, 0.15) is 6.26 Å². The van der Waals surface area contributed by atoms with Crippen LogP contribution in [0.2, 0.25) is 0 Å². The van der Waals surface area contributed by atoms with Crippen molar-refractivity contribution in [2.45, 2.75) is 51.7 Å². The highest BCUT2D eigenvalue weighted by Gasteiger charge is 2.33. The summed E-state index contributed by atoms with van der Waals surface area (Å²) in [6, 6.07) is 17.7. The Morgan fingerprint density at radius 3 is 2.35 bits per heavy atom. The van der Waals surface area contributed by atoms with E-state index in [1.165, 1.54) is 6.26 Å². The predicted molar refractivity (Wildman–Crippen MR) is 118 cm³/mol. The summed E-state index contributed by atoms with van der Waals surface area (Å²) < 4.78 is 5.58. The molecule has 31 heavy (non-hydrogen) atoms. The number of aromatic nitrogens is 1. The van der Waals surface area contributed by atoms with Gasteiger partial charge in [-0.05, 0) is 49.9 Å². The lowest BCUT2D eigenvalue weighted by Crippen LogP contribution is -2.38. The van der Waals surface area contributed by atoms with Crippen LogP contribution in [-0.2, 0) is 17.8 Å². The summed E-state index contributed by atoms with van der Waals surface area (Å²) in [4.78, 5) is 31.2. The van der Waals surface area contributed by atoms with Gasteiger partial charge in [-0.15, -0.1) is 0 Å². The molecule has 0 bridgehead atoms. The number of likely N-dealkylation sites (tertiary alicyclic amines) is 1. The number of hydrogen-bond donors (Lipinski definition) is 1. The number of rotatable bonds is 6. The van der Waals surface area contributed by atoms with Crippen LogP contribution in [0, 0.1) is 0 Å². The number of benzene rings is 2. The van der Waals surface area contributed by atoms with Crippen LogP contribution in [0.3, 0.4) is 0 Å². The first kappa shape index (κ1) is 20.8. The molecule has 0 spiro atoms. The van der Waals surface area contributed by atoms with Crippen molar-refractivity contribution >= 4 is 11.8 Å². The molecule has 6 heteroatoms. The lowest BCUT2D eigenvalue weighted by molar-refractivity contribution is -0.120. The van der Waals surface area contributed by atoms with Crippen LogP contribution in [0.4, 0.5) is 0 Å². The summed E-state index contributed by atoms with van der Waals surface area (Å²) in [5.74, 6) is 0.323. The third-order valence-corrected chi connectivity index (χ3v) is 5.81. The SMILES string of the molecule is C[C@@H]1CC[C@@H](C)N1C(=O)c1coc(-c2ccc(CNC(=O)Cc3ccccc3)cc2)n1. The topological polar surface area (TPSA) is 75.4 Å². The molecule has 160 valence electrons. The maximum absolute atomic E-state index is 12.8. The van der Waals surface area contributed by atoms with E-state index in [4.69, 9.17) is 4.42 Å². The van der Waals surface area contributed by atoms with Crippen molar-refractivity contribution in [1.29, 1.82) is 0 Å². The molecule has 1 aliphatic rings. The Kier molecular flexibility index (Phi) is 6.16. The zero-order chi connectivity index (χ0) is 21.8. The van der Waals surface area contributed by atoms with Gasteiger partial charge in [-0.3, -0.25) is 9.59 Å². The molecule has 6 nitrogen and oxygen atoms in total. The van der Waals surface area contributed by atoms with Crippen molar-refractivity contribution in [1.82, 2.24) is 15.2 Å². The quantitative estimate of drug-likeness (QED) is 0.652. The summed E-state index contributed by atoms with van der Waals surface area (Å²) in [7, 11) is 0. The molecule has 0 unspecified atom stereocenters. The van der Waals surface area contributed by atoms with Gasteiger partial charge in [-0.1, -0.05) is 42.5 Å². The lowest BCUT2D eigenvalue weighted by Gasteiger charge is -2.25. The summed E-state index contributed by atoms with van der Waals surface area (Å²) in [6.07, 6.45) is 3.83. The number of oxazole rings is 1. The molecule has 2 aromatic carbocycles. The fourth-order valence-electron chi connectivity index (χ4n) is 4.04. The molecule has 1 aromatic heterocycles. The molecule has 4 rings (SSSR count). The number of hydrogen-bond acceptors (Lipinski definition) is 4. The van der Waals surface area contributed by atoms with E-state index in [2.05, 4.69) is 24.1 Å². The zero-order valence-electron chi connectivity index (χ0n) is 17.9. The van der Waals surface area contributed by atoms with E-state index in [0.717, 1.165) is 29.5 Å². The zero-order valence-corrected chi connectivity index (χ0v) is 17.9. The minimum absolute atomic E-state index is 0.0171. The first-order chi connectivity index (χ1) is 15.0. The van der Waals surface area contributed by atoms with E-state index in [9.17, 15) is 9.59 Å². The van der Waals surface area contributed by atoms with Crippen LogP contribution in [-0.4, -0.2) is 33.8 Å². The van der Waals surface area contributed by atoms with E-state index < -0.39 is 0 Å². The van der Waals surface area contributed by atoms with Gasteiger partial charge in [-0.2, -0.15) is 0 Å². The third kappa shape index (κ3) is 4.85. The Bertz CT molecular complexity index is 1030. The van der Waals surface area contributed by atoms with Gasteiger partial charge in [0, 0.05) is 24.2 Å². The van der Waals surface area contributed by atoms with Gasteiger partial charge in [0.15, 0.2) is 5.69 Å². The highest BCUT2D eigenvalue weighted by Crippen LogP contribution is 2.26. The highest BCUT2D eigenvalue weighted by molar-refractivity contribution is 5.93. The second-order valence-corrected chi connectivity index (χ2v) is 8.16. The molecule has 1 aliphatic heterocycles. The van der Waals surface area contributed by atoms with E-state index in [1.807, 2.05) is 59.5 Å². The van der Waals surface area contributed by atoms with Gasteiger partial charge in [0.2, 0.25) is 11.8 Å². The van der Waals surface area contributed by atoms with Gasteiger partial charge in [-0.25, -0.2) is 4.98 Å². The Morgan fingerprint density at radius 2 is 1.68 bits per heavy atom. The van der Waals surface area contributed by atoms with E-state index >= 15 is 0 Å². The molecule has 1 fully saturated rings. The van der Waals surface area contributed by atoms with Crippen molar-refractivity contribution in [2.75, 3.05) is 0 Å². The van der Waals surface area contributed by atoms with Gasteiger partial charge >= 0.3 is 0 Å². The molecule has 0 saturated carbocycles. The minimum Gasteiger partial charge on any atom is -0.444 e. The molecule has 0 radical (unpaired) electrons. The fourth-order valence-corrected chi connectivity index (χ4v) is 4.04. The number of amides is 2. The number of nitrogens with zero attached hydrogens (tertiary/aromatic N) is 2. The van der Waals surface area contributed by atoms with Gasteiger partial charge in [0.25, 0.3) is 5.91 Å². The monoisotopic (exact) mass is 417 g/mol. The fraction of sp³-hybridized carbons (Fsp3) is 0.320. The van der Waals surface area contributed by atoms with Crippen LogP contribution >= 0.6 is 0 Å². The molecule has 1 N–H and O–H groups in total. The van der Waals surface area contributed by atoms with Crippen LogP contribution in [0.5, 0.6) is 0 Å². The molecular formula is C25H27N3O3. The van der Waals surface area contributed by atoms with E-state index in [-0.39, 0.29) is 23.9 Å². The minimum atomic E-state index is -0.0785. The third-order valence-electron chi connectivity index (χ3n) is 5.81. The molecule has 3 aromatic rings. The first-order valence-corrected chi connectivity index (χ1v) is 10.7. The molecule has 2 heterocycles. The predicted octanol–water partition coefficient (Wildman–Crippen LogP) is 4.21. The standard InChI is InChI=1S/C25H27N3O3/c1-17-8-9-18(2)28(17)25(30)22-16-31-24(27-22)21-12-10-20(11-13-21)15-26-23(29)14-19-6-4-3-5-7-19/h3-7,10-13,16-18H,8-9,14-15H2,1-2H3,(H,26,29)/t17-,18-/m1/s1. The average molecular weight is 418 g/mol. The molecule has 1 saturated heterocycles. The number of carbonyl (C=O) groups is 2. The van der Waals surface area contributed by atoms with Gasteiger partial charge in [0.05, 0.1) is 6.42 Å². The van der Waals surface area contributed by atoms with E-state index in [0.29, 0.717) is 24.6 Å². The van der Waals surface area contributed by atoms with Crippen molar-refractivity contribution in [3.63, 3.8) is 0 Å². The van der Waals surface area contributed by atoms with Crippen molar-refractivity contribution in [3.8, 4) is 11.5 Å². The smallest absolute Gasteiger partial charge is 0.276 e. The highest BCUT2D eigenvalue weighted by atomic mass is 16.3. The normalized spacial score (nSPS) is 18.2. The second-order valence-electron chi connectivity index (χ2n) is 8.16. The Balaban J connectivity index is 1.35. The maximum Gasteiger partial charge on any atom is 0.276 e.